The van der Waals surface area contributed by atoms with Crippen molar-refractivity contribution in [3.63, 3.8) is 0 Å². The fourth-order valence-corrected chi connectivity index (χ4v) is 5.49. The highest BCUT2D eigenvalue weighted by Gasteiger charge is 2.32. The van der Waals surface area contributed by atoms with Crippen molar-refractivity contribution < 1.29 is 4.39 Å². The molecule has 34 heavy (non-hydrogen) atoms. The van der Waals surface area contributed by atoms with Gasteiger partial charge in [0, 0.05) is 49.9 Å². The van der Waals surface area contributed by atoms with Gasteiger partial charge in [-0.05, 0) is 54.4 Å². The van der Waals surface area contributed by atoms with Gasteiger partial charge in [0.2, 0.25) is 0 Å². The maximum Gasteiger partial charge on any atom is 0.252 e. The molecule has 4 heterocycles. The molecular formula is C25H23FN6OS. The van der Waals surface area contributed by atoms with Gasteiger partial charge in [0.15, 0.2) is 0 Å². The van der Waals surface area contributed by atoms with Crippen LogP contribution in [0.15, 0.2) is 59.5 Å². The Morgan fingerprint density at radius 2 is 1.97 bits per heavy atom. The molecule has 0 bridgehead atoms. The third kappa shape index (κ3) is 3.95. The lowest BCUT2D eigenvalue weighted by Crippen LogP contribution is -2.53. The molecule has 1 fully saturated rings. The van der Waals surface area contributed by atoms with Gasteiger partial charge in [0.1, 0.15) is 23.1 Å². The van der Waals surface area contributed by atoms with Gasteiger partial charge in [0.25, 0.3) is 5.56 Å². The highest BCUT2D eigenvalue weighted by Crippen LogP contribution is 2.34. The van der Waals surface area contributed by atoms with Crippen molar-refractivity contribution in [3.8, 4) is 6.07 Å². The fraction of sp³-hybridized carbons (Fsp3) is 0.280. The second-order valence-electron chi connectivity index (χ2n) is 8.51. The Morgan fingerprint density at radius 1 is 1.18 bits per heavy atom. The summed E-state index contributed by atoms with van der Waals surface area (Å²) in [5, 5.41) is 9.36. The Balaban J connectivity index is 1.50. The van der Waals surface area contributed by atoms with Crippen LogP contribution in [0, 0.1) is 17.1 Å². The van der Waals surface area contributed by atoms with Crippen LogP contribution in [0.4, 0.5) is 10.1 Å². The summed E-state index contributed by atoms with van der Waals surface area (Å²) in [4.78, 5) is 22.9. The number of nitriles is 1. The van der Waals surface area contributed by atoms with Crippen LogP contribution in [0.1, 0.15) is 29.1 Å². The van der Waals surface area contributed by atoms with Gasteiger partial charge in [-0.15, -0.1) is 0 Å². The van der Waals surface area contributed by atoms with Gasteiger partial charge in [-0.3, -0.25) is 9.69 Å². The predicted molar refractivity (Wildman–Crippen MR) is 130 cm³/mol. The lowest BCUT2D eigenvalue weighted by Gasteiger charge is -2.44. The average Bonchev–Trinajstić information content (AvgIpc) is 3.37. The van der Waals surface area contributed by atoms with E-state index in [4.69, 9.17) is 0 Å². The van der Waals surface area contributed by atoms with Crippen LogP contribution in [0.5, 0.6) is 0 Å². The maximum absolute atomic E-state index is 13.6. The Morgan fingerprint density at radius 3 is 2.65 bits per heavy atom. The lowest BCUT2D eigenvalue weighted by molar-refractivity contribution is 0.190. The van der Waals surface area contributed by atoms with Crippen molar-refractivity contribution in [2.75, 3.05) is 24.5 Å². The molecule has 1 aliphatic rings. The number of aryl methyl sites for hydroxylation is 1. The second-order valence-corrected chi connectivity index (χ2v) is 9.37. The van der Waals surface area contributed by atoms with E-state index in [9.17, 15) is 14.4 Å². The van der Waals surface area contributed by atoms with E-state index in [2.05, 4.69) is 32.2 Å². The minimum Gasteiger partial charge on any atom is -0.364 e. The van der Waals surface area contributed by atoms with Gasteiger partial charge in [-0.2, -0.15) is 5.26 Å². The largest absolute Gasteiger partial charge is 0.364 e. The van der Waals surface area contributed by atoms with Crippen LogP contribution in [-0.2, 0) is 7.05 Å². The zero-order chi connectivity index (χ0) is 23.8. The Bertz CT molecular complexity index is 1430. The Hall–Kier alpha value is -3.61. The summed E-state index contributed by atoms with van der Waals surface area (Å²) in [5.41, 5.74) is 3.32. The number of fused-ring (bicyclic) bond motifs is 1. The minimum atomic E-state index is -0.258. The van der Waals surface area contributed by atoms with E-state index in [0.29, 0.717) is 23.3 Å². The highest BCUT2D eigenvalue weighted by molar-refractivity contribution is 7.05. The standard InChI is InChI=1S/C25H23FN6OS/c1-16-15-31(25(22-9-10-28-34-22)17-3-5-18(26)6-4-17)11-12-32(16)21-13-23(33)30(2)20-8-7-19(14-27)29-24(20)21/h3-10,13,16,25H,11-12,15H2,1-2H3/t16-,25?/m0/s1. The monoisotopic (exact) mass is 474 g/mol. The second kappa shape index (κ2) is 8.97. The summed E-state index contributed by atoms with van der Waals surface area (Å²) >= 11 is 1.45. The van der Waals surface area contributed by atoms with Crippen molar-refractivity contribution in [1.29, 1.82) is 5.26 Å². The lowest BCUT2D eigenvalue weighted by atomic mass is 10.0. The summed E-state index contributed by atoms with van der Waals surface area (Å²) in [6.45, 7) is 4.27. The molecule has 0 radical (unpaired) electrons. The molecule has 1 aromatic carbocycles. The molecule has 0 spiro atoms. The van der Waals surface area contributed by atoms with Crippen molar-refractivity contribution in [3.05, 3.63) is 87.0 Å². The zero-order valence-corrected chi connectivity index (χ0v) is 19.7. The number of pyridine rings is 2. The molecule has 4 aromatic rings. The Labute approximate surface area is 200 Å². The fourth-order valence-electron chi connectivity index (χ4n) is 4.74. The van der Waals surface area contributed by atoms with E-state index in [-0.39, 0.29) is 23.5 Å². The molecule has 3 aromatic heterocycles. The van der Waals surface area contributed by atoms with Crippen LogP contribution in [0.25, 0.3) is 11.0 Å². The minimum absolute atomic E-state index is 0.0265. The molecular weight excluding hydrogens is 451 g/mol. The van der Waals surface area contributed by atoms with E-state index < -0.39 is 0 Å². The van der Waals surface area contributed by atoms with E-state index in [1.54, 1.807) is 36.0 Å². The molecule has 9 heteroatoms. The first-order valence-electron chi connectivity index (χ1n) is 11.0. The van der Waals surface area contributed by atoms with Crippen molar-refractivity contribution in [2.24, 2.45) is 7.05 Å². The number of aromatic nitrogens is 3. The molecule has 0 aliphatic carbocycles. The van der Waals surface area contributed by atoms with E-state index in [1.165, 1.54) is 23.7 Å². The first kappa shape index (κ1) is 22.2. The van der Waals surface area contributed by atoms with Crippen molar-refractivity contribution in [2.45, 2.75) is 19.0 Å². The van der Waals surface area contributed by atoms with E-state index in [0.717, 1.165) is 29.2 Å². The summed E-state index contributed by atoms with van der Waals surface area (Å²) in [6.07, 6.45) is 1.79. The number of nitrogens with zero attached hydrogens (tertiary/aromatic N) is 6. The summed E-state index contributed by atoms with van der Waals surface area (Å²) in [6, 6.07) is 15.8. The smallest absolute Gasteiger partial charge is 0.252 e. The molecule has 0 amide bonds. The maximum atomic E-state index is 13.6. The summed E-state index contributed by atoms with van der Waals surface area (Å²) in [7, 11) is 1.71. The summed E-state index contributed by atoms with van der Waals surface area (Å²) in [5.74, 6) is -0.258. The van der Waals surface area contributed by atoms with Crippen LogP contribution in [-0.4, -0.2) is 44.5 Å². The Kier molecular flexibility index (Phi) is 5.86. The van der Waals surface area contributed by atoms with Gasteiger partial charge < -0.3 is 9.47 Å². The van der Waals surface area contributed by atoms with Gasteiger partial charge in [-0.25, -0.2) is 13.7 Å². The summed E-state index contributed by atoms with van der Waals surface area (Å²) < 4.78 is 19.4. The molecule has 1 aliphatic heterocycles. The van der Waals surface area contributed by atoms with E-state index >= 15 is 0 Å². The number of hydrogen-bond donors (Lipinski definition) is 0. The predicted octanol–water partition coefficient (Wildman–Crippen LogP) is 3.70. The van der Waals surface area contributed by atoms with E-state index in [1.807, 2.05) is 18.2 Å². The number of anilines is 1. The first-order valence-corrected chi connectivity index (χ1v) is 11.8. The molecule has 2 atom stereocenters. The third-order valence-corrected chi connectivity index (χ3v) is 7.23. The van der Waals surface area contributed by atoms with Crippen LogP contribution < -0.4 is 10.5 Å². The molecule has 7 nitrogen and oxygen atoms in total. The van der Waals surface area contributed by atoms with Crippen LogP contribution >= 0.6 is 11.5 Å². The first-order chi connectivity index (χ1) is 16.5. The number of benzene rings is 1. The number of hydrogen-bond acceptors (Lipinski definition) is 7. The topological polar surface area (TPSA) is 78.0 Å². The molecule has 0 N–H and O–H groups in total. The van der Waals surface area contributed by atoms with Gasteiger partial charge >= 0.3 is 0 Å². The van der Waals surface area contributed by atoms with Gasteiger partial charge in [-0.1, -0.05) is 12.1 Å². The molecule has 1 unspecified atom stereocenters. The number of halogens is 1. The average molecular weight is 475 g/mol. The van der Waals surface area contributed by atoms with Gasteiger partial charge in [0.05, 0.1) is 17.2 Å². The quantitative estimate of drug-likeness (QED) is 0.449. The van der Waals surface area contributed by atoms with Crippen LogP contribution in [0.2, 0.25) is 0 Å². The molecule has 172 valence electrons. The van der Waals surface area contributed by atoms with Crippen LogP contribution in [0.3, 0.4) is 0 Å². The molecule has 0 saturated carbocycles. The highest BCUT2D eigenvalue weighted by atomic mass is 32.1. The molecule has 1 saturated heterocycles. The van der Waals surface area contributed by atoms with Crippen molar-refractivity contribution >= 4 is 28.3 Å². The number of rotatable bonds is 4. The third-order valence-electron chi connectivity index (χ3n) is 6.43. The number of piperazine rings is 1. The SMILES string of the molecule is C[C@H]1CN(C(c2ccc(F)cc2)c2ccns2)CCN1c1cc(=O)n(C)c2ccc(C#N)nc12. The normalized spacial score (nSPS) is 17.6. The van der Waals surface area contributed by atoms with Crippen molar-refractivity contribution in [1.82, 2.24) is 18.8 Å². The zero-order valence-electron chi connectivity index (χ0n) is 18.8. The molecule has 5 rings (SSSR count).